The molecular weight excluding hydrogens is 259 g/mol. The van der Waals surface area contributed by atoms with E-state index >= 15 is 0 Å². The molecular formula is C15H11FN2S. The zero-order valence-electron chi connectivity index (χ0n) is 10.1. The fourth-order valence-electron chi connectivity index (χ4n) is 1.86. The van der Waals surface area contributed by atoms with E-state index in [4.69, 9.17) is 0 Å². The van der Waals surface area contributed by atoms with E-state index in [1.54, 1.807) is 18.5 Å². The number of fused-ring (bicyclic) bond motifs is 1. The normalized spacial score (nSPS) is 10.8. The summed E-state index contributed by atoms with van der Waals surface area (Å²) in [4.78, 5) is 8.50. The highest BCUT2D eigenvalue weighted by molar-refractivity contribution is 7.98. The van der Waals surface area contributed by atoms with Crippen molar-refractivity contribution in [3.63, 3.8) is 0 Å². The van der Waals surface area contributed by atoms with Gasteiger partial charge in [-0.1, -0.05) is 36.4 Å². The van der Waals surface area contributed by atoms with Crippen LogP contribution in [0.2, 0.25) is 0 Å². The number of benzene rings is 2. The van der Waals surface area contributed by atoms with Crippen molar-refractivity contribution in [2.24, 2.45) is 0 Å². The number of rotatable bonds is 3. The maximum atomic E-state index is 13.6. The van der Waals surface area contributed by atoms with Crippen LogP contribution in [0, 0.1) is 5.82 Å². The second-order valence-corrected chi connectivity index (χ2v) is 5.04. The summed E-state index contributed by atoms with van der Waals surface area (Å²) in [5.41, 5.74) is 1.60. The first-order chi connectivity index (χ1) is 9.34. The molecule has 0 amide bonds. The van der Waals surface area contributed by atoms with Gasteiger partial charge in [0.05, 0.1) is 5.52 Å². The van der Waals surface area contributed by atoms with Crippen LogP contribution in [0.4, 0.5) is 4.39 Å². The Morgan fingerprint density at radius 2 is 1.74 bits per heavy atom. The van der Waals surface area contributed by atoms with E-state index in [-0.39, 0.29) is 5.82 Å². The van der Waals surface area contributed by atoms with Crippen LogP contribution < -0.4 is 0 Å². The van der Waals surface area contributed by atoms with E-state index in [1.165, 1.54) is 17.8 Å². The van der Waals surface area contributed by atoms with E-state index in [1.807, 2.05) is 30.3 Å². The topological polar surface area (TPSA) is 25.8 Å². The van der Waals surface area contributed by atoms with Gasteiger partial charge in [0.2, 0.25) is 0 Å². The van der Waals surface area contributed by atoms with Gasteiger partial charge < -0.3 is 0 Å². The number of halogens is 1. The number of nitrogens with zero attached hydrogens (tertiary/aromatic N) is 2. The van der Waals surface area contributed by atoms with E-state index in [2.05, 4.69) is 9.97 Å². The molecule has 2 aromatic carbocycles. The lowest BCUT2D eigenvalue weighted by Crippen LogP contribution is -1.90. The minimum absolute atomic E-state index is 0.173. The molecule has 94 valence electrons. The third-order valence-corrected chi connectivity index (χ3v) is 3.88. The van der Waals surface area contributed by atoms with Crippen LogP contribution >= 0.6 is 11.8 Å². The molecule has 0 spiro atoms. The van der Waals surface area contributed by atoms with Crippen LogP contribution in [0.25, 0.3) is 10.9 Å². The summed E-state index contributed by atoms with van der Waals surface area (Å²) < 4.78 is 13.6. The molecule has 0 aliphatic carbocycles. The SMILES string of the molecule is Fc1ccccc1CSc1ncnc2ccccc12. The van der Waals surface area contributed by atoms with Crippen molar-refractivity contribution in [3.8, 4) is 0 Å². The smallest absolute Gasteiger partial charge is 0.127 e. The van der Waals surface area contributed by atoms with Crippen molar-refractivity contribution >= 4 is 22.7 Å². The van der Waals surface area contributed by atoms with Crippen molar-refractivity contribution in [3.05, 3.63) is 66.2 Å². The highest BCUT2D eigenvalue weighted by Gasteiger charge is 2.06. The number of para-hydroxylation sites is 1. The number of hydrogen-bond acceptors (Lipinski definition) is 3. The lowest BCUT2D eigenvalue weighted by atomic mass is 10.2. The molecule has 0 aliphatic rings. The van der Waals surface area contributed by atoms with Crippen molar-refractivity contribution in [2.45, 2.75) is 10.8 Å². The summed E-state index contributed by atoms with van der Waals surface area (Å²) in [5, 5.41) is 1.89. The molecule has 0 saturated heterocycles. The van der Waals surface area contributed by atoms with Gasteiger partial charge in [0.1, 0.15) is 17.2 Å². The van der Waals surface area contributed by atoms with Crippen LogP contribution in [0.3, 0.4) is 0 Å². The van der Waals surface area contributed by atoms with Gasteiger partial charge >= 0.3 is 0 Å². The van der Waals surface area contributed by atoms with Crippen LogP contribution in [0.1, 0.15) is 5.56 Å². The minimum Gasteiger partial charge on any atom is -0.236 e. The Hall–Kier alpha value is -1.94. The number of aromatic nitrogens is 2. The van der Waals surface area contributed by atoms with Crippen molar-refractivity contribution < 1.29 is 4.39 Å². The van der Waals surface area contributed by atoms with Gasteiger partial charge in [0.25, 0.3) is 0 Å². The third kappa shape index (κ3) is 2.58. The molecule has 4 heteroatoms. The van der Waals surface area contributed by atoms with Gasteiger partial charge in [-0.3, -0.25) is 0 Å². The number of thioether (sulfide) groups is 1. The molecule has 0 N–H and O–H groups in total. The Morgan fingerprint density at radius 1 is 0.947 bits per heavy atom. The van der Waals surface area contributed by atoms with E-state index in [9.17, 15) is 4.39 Å². The van der Waals surface area contributed by atoms with E-state index < -0.39 is 0 Å². The molecule has 3 rings (SSSR count). The van der Waals surface area contributed by atoms with E-state index in [0.717, 1.165) is 15.9 Å². The van der Waals surface area contributed by atoms with Crippen molar-refractivity contribution in [1.82, 2.24) is 9.97 Å². The first kappa shape index (κ1) is 12.1. The summed E-state index contributed by atoms with van der Waals surface area (Å²) in [6, 6.07) is 14.7. The summed E-state index contributed by atoms with van der Waals surface area (Å²) in [5.74, 6) is 0.390. The lowest BCUT2D eigenvalue weighted by Gasteiger charge is -2.05. The van der Waals surface area contributed by atoms with Gasteiger partial charge in [-0.2, -0.15) is 0 Å². The Balaban J connectivity index is 1.88. The third-order valence-electron chi connectivity index (χ3n) is 2.83. The first-order valence-electron chi connectivity index (χ1n) is 5.90. The highest BCUT2D eigenvalue weighted by atomic mass is 32.2. The fraction of sp³-hybridized carbons (Fsp3) is 0.0667. The molecule has 0 unspecified atom stereocenters. The molecule has 0 fully saturated rings. The zero-order chi connectivity index (χ0) is 13.1. The van der Waals surface area contributed by atoms with Gasteiger partial charge in [-0.25, -0.2) is 14.4 Å². The maximum Gasteiger partial charge on any atom is 0.127 e. The Labute approximate surface area is 114 Å². The second kappa shape index (κ2) is 5.36. The molecule has 0 aliphatic heterocycles. The van der Waals surface area contributed by atoms with Gasteiger partial charge in [-0.15, -0.1) is 11.8 Å². The first-order valence-corrected chi connectivity index (χ1v) is 6.89. The average molecular weight is 270 g/mol. The fourth-order valence-corrected chi connectivity index (χ4v) is 2.83. The van der Waals surface area contributed by atoms with Gasteiger partial charge in [0.15, 0.2) is 0 Å². The number of hydrogen-bond donors (Lipinski definition) is 0. The van der Waals surface area contributed by atoms with Crippen molar-refractivity contribution in [2.75, 3.05) is 0 Å². The van der Waals surface area contributed by atoms with Crippen molar-refractivity contribution in [1.29, 1.82) is 0 Å². The largest absolute Gasteiger partial charge is 0.236 e. The molecule has 0 bridgehead atoms. The molecule has 0 radical (unpaired) electrons. The minimum atomic E-state index is -0.173. The zero-order valence-corrected chi connectivity index (χ0v) is 10.9. The van der Waals surface area contributed by atoms with Gasteiger partial charge in [-0.05, 0) is 17.7 Å². The Morgan fingerprint density at radius 3 is 2.63 bits per heavy atom. The molecule has 3 aromatic rings. The second-order valence-electron chi connectivity index (χ2n) is 4.08. The van der Waals surface area contributed by atoms with Crippen LogP contribution in [-0.2, 0) is 5.75 Å². The summed E-state index contributed by atoms with van der Waals surface area (Å²) in [6.45, 7) is 0. The maximum absolute atomic E-state index is 13.6. The molecule has 1 aromatic heterocycles. The van der Waals surface area contributed by atoms with Gasteiger partial charge in [0, 0.05) is 11.1 Å². The van der Waals surface area contributed by atoms with Crippen LogP contribution in [0.15, 0.2) is 59.9 Å². The molecule has 19 heavy (non-hydrogen) atoms. The quantitative estimate of drug-likeness (QED) is 0.530. The predicted octanol–water partition coefficient (Wildman–Crippen LogP) is 4.06. The van der Waals surface area contributed by atoms with Crippen LogP contribution in [0.5, 0.6) is 0 Å². The summed E-state index contributed by atoms with van der Waals surface area (Å²) >= 11 is 1.53. The Kier molecular flexibility index (Phi) is 3.42. The average Bonchev–Trinajstić information content (AvgIpc) is 2.46. The lowest BCUT2D eigenvalue weighted by molar-refractivity contribution is 0.617. The monoisotopic (exact) mass is 270 g/mol. The molecule has 1 heterocycles. The van der Waals surface area contributed by atoms with E-state index in [0.29, 0.717) is 11.3 Å². The Bertz CT molecular complexity index is 710. The summed E-state index contributed by atoms with van der Waals surface area (Å²) in [7, 11) is 0. The highest BCUT2D eigenvalue weighted by Crippen LogP contribution is 2.27. The predicted molar refractivity (Wildman–Crippen MR) is 75.5 cm³/mol. The van der Waals surface area contributed by atoms with Crippen LogP contribution in [-0.4, -0.2) is 9.97 Å². The summed E-state index contributed by atoms with van der Waals surface area (Å²) in [6.07, 6.45) is 1.55. The standard InChI is InChI=1S/C15H11FN2S/c16-13-7-3-1-5-11(13)9-19-15-12-6-2-4-8-14(12)17-10-18-15/h1-8,10H,9H2. The molecule has 0 saturated carbocycles. The molecule has 0 atom stereocenters. The molecule has 2 nitrogen and oxygen atoms in total.